The second-order valence-corrected chi connectivity index (χ2v) is 9.86. The van der Waals surface area contributed by atoms with Gasteiger partial charge in [0.15, 0.2) is 11.5 Å². The molecular weight excluding hydrogens is 416 g/mol. The lowest BCUT2D eigenvalue weighted by atomic mass is 10.1. The van der Waals surface area contributed by atoms with E-state index in [2.05, 4.69) is 5.32 Å². The van der Waals surface area contributed by atoms with Crippen LogP contribution in [-0.4, -0.2) is 51.0 Å². The molecule has 4 rings (SSSR count). The van der Waals surface area contributed by atoms with E-state index in [1.165, 1.54) is 6.07 Å². The van der Waals surface area contributed by atoms with Gasteiger partial charge in [0.1, 0.15) is 13.2 Å². The molecule has 2 aliphatic rings. The summed E-state index contributed by atoms with van der Waals surface area (Å²) in [6.07, 6.45) is 3.40. The third-order valence-electron chi connectivity index (χ3n) is 5.75. The van der Waals surface area contributed by atoms with Gasteiger partial charge in [-0.2, -0.15) is 4.31 Å². The van der Waals surface area contributed by atoms with Crippen molar-refractivity contribution in [1.29, 1.82) is 0 Å². The summed E-state index contributed by atoms with van der Waals surface area (Å²) >= 11 is 0. The van der Waals surface area contributed by atoms with E-state index in [9.17, 15) is 13.2 Å². The fourth-order valence-electron chi connectivity index (χ4n) is 4.03. The number of nitrogens with one attached hydrogen (secondary N) is 1. The van der Waals surface area contributed by atoms with Crippen LogP contribution in [0.15, 0.2) is 47.4 Å². The van der Waals surface area contributed by atoms with Gasteiger partial charge in [0, 0.05) is 24.7 Å². The number of hydrogen-bond donors (Lipinski definition) is 1. The summed E-state index contributed by atoms with van der Waals surface area (Å²) in [6.45, 7) is 3.97. The fraction of sp³-hybridized carbons (Fsp3) is 0.435. The van der Waals surface area contributed by atoms with Crippen molar-refractivity contribution < 1.29 is 22.7 Å². The Labute approximate surface area is 183 Å². The average Bonchev–Trinajstić information content (AvgIpc) is 2.79. The van der Waals surface area contributed by atoms with Gasteiger partial charge < -0.3 is 14.8 Å². The monoisotopic (exact) mass is 444 g/mol. The molecule has 0 radical (unpaired) electrons. The second kappa shape index (κ2) is 9.28. The largest absolute Gasteiger partial charge is 0.486 e. The lowest BCUT2D eigenvalue weighted by Crippen LogP contribution is -2.42. The van der Waals surface area contributed by atoms with Gasteiger partial charge in [-0.3, -0.25) is 4.79 Å². The summed E-state index contributed by atoms with van der Waals surface area (Å²) in [5.41, 5.74) is 1.37. The number of carbonyl (C=O) groups is 1. The average molecular weight is 445 g/mol. The van der Waals surface area contributed by atoms with Gasteiger partial charge in [0.05, 0.1) is 4.90 Å². The van der Waals surface area contributed by atoms with Gasteiger partial charge in [0.2, 0.25) is 10.0 Å². The molecule has 0 aromatic heterocycles. The van der Waals surface area contributed by atoms with Gasteiger partial charge in [0.25, 0.3) is 5.91 Å². The van der Waals surface area contributed by atoms with E-state index >= 15 is 0 Å². The first-order valence-corrected chi connectivity index (χ1v) is 12.2. The molecule has 0 aliphatic carbocycles. The van der Waals surface area contributed by atoms with Crippen LogP contribution >= 0.6 is 0 Å². The van der Waals surface area contributed by atoms with E-state index in [1.54, 1.807) is 22.5 Å². The quantitative estimate of drug-likeness (QED) is 0.740. The Bertz CT molecular complexity index is 1050. The lowest BCUT2D eigenvalue weighted by molar-refractivity contribution is 0.0954. The molecule has 7 nitrogen and oxygen atoms in total. The van der Waals surface area contributed by atoms with Crippen LogP contribution < -0.4 is 14.8 Å². The first-order chi connectivity index (χ1) is 14.9. The smallest absolute Gasteiger partial charge is 0.251 e. The van der Waals surface area contributed by atoms with Crippen molar-refractivity contribution in [1.82, 2.24) is 9.62 Å². The highest BCUT2D eigenvalue weighted by Crippen LogP contribution is 2.31. The highest BCUT2D eigenvalue weighted by molar-refractivity contribution is 7.89. The third kappa shape index (κ3) is 4.85. The van der Waals surface area contributed by atoms with Gasteiger partial charge in [-0.25, -0.2) is 8.42 Å². The van der Waals surface area contributed by atoms with Crippen LogP contribution in [0.1, 0.15) is 42.1 Å². The topological polar surface area (TPSA) is 84.9 Å². The highest BCUT2D eigenvalue weighted by atomic mass is 32.2. The Morgan fingerprint density at radius 2 is 1.90 bits per heavy atom. The summed E-state index contributed by atoms with van der Waals surface area (Å²) in [6, 6.07) is 12.0. The van der Waals surface area contributed by atoms with Gasteiger partial charge in [-0.05, 0) is 62.1 Å². The SMILES string of the molecule is CC1CCCCN1S(=O)(=O)c1cccc(C(=O)NCCc2ccc3c(c2)OCCO3)c1. The third-order valence-corrected chi connectivity index (χ3v) is 7.76. The summed E-state index contributed by atoms with van der Waals surface area (Å²) in [5, 5.41) is 2.88. The first-order valence-electron chi connectivity index (χ1n) is 10.7. The zero-order chi connectivity index (χ0) is 21.8. The maximum absolute atomic E-state index is 13.1. The molecule has 1 atom stereocenters. The minimum atomic E-state index is -3.61. The van der Waals surface area contributed by atoms with Gasteiger partial charge >= 0.3 is 0 Å². The Balaban J connectivity index is 1.39. The minimum absolute atomic E-state index is 0.0257. The van der Waals surface area contributed by atoms with Crippen LogP contribution in [0.25, 0.3) is 0 Å². The van der Waals surface area contributed by atoms with E-state index in [-0.39, 0.29) is 16.8 Å². The predicted molar refractivity (Wildman–Crippen MR) is 117 cm³/mol. The molecule has 1 fully saturated rings. The molecule has 0 bridgehead atoms. The maximum atomic E-state index is 13.1. The molecule has 2 aromatic carbocycles. The molecule has 2 heterocycles. The molecule has 1 unspecified atom stereocenters. The summed E-state index contributed by atoms with van der Waals surface area (Å²) < 4.78 is 38.8. The van der Waals surface area contributed by atoms with E-state index < -0.39 is 10.0 Å². The number of fused-ring (bicyclic) bond motifs is 1. The summed E-state index contributed by atoms with van der Waals surface area (Å²) in [5.74, 6) is 1.17. The highest BCUT2D eigenvalue weighted by Gasteiger charge is 2.31. The molecule has 1 amide bonds. The van der Waals surface area contributed by atoms with E-state index in [0.29, 0.717) is 38.3 Å². The fourth-order valence-corrected chi connectivity index (χ4v) is 5.77. The van der Waals surface area contributed by atoms with Crippen LogP contribution in [0.3, 0.4) is 0 Å². The minimum Gasteiger partial charge on any atom is -0.486 e. The summed E-state index contributed by atoms with van der Waals surface area (Å²) in [4.78, 5) is 12.8. The number of ether oxygens (including phenoxy) is 2. The molecule has 0 spiro atoms. The predicted octanol–water partition coefficient (Wildman–Crippen LogP) is 2.99. The normalized spacial score (nSPS) is 19.1. The maximum Gasteiger partial charge on any atom is 0.251 e. The van der Waals surface area contributed by atoms with Crippen molar-refractivity contribution in [3.05, 3.63) is 53.6 Å². The van der Waals surface area contributed by atoms with E-state index in [0.717, 1.165) is 36.3 Å². The van der Waals surface area contributed by atoms with Crippen molar-refractivity contribution in [2.75, 3.05) is 26.3 Å². The van der Waals surface area contributed by atoms with E-state index in [1.807, 2.05) is 25.1 Å². The first kappa shape index (κ1) is 21.6. The number of piperidine rings is 1. The Morgan fingerprint density at radius 3 is 2.71 bits per heavy atom. The second-order valence-electron chi connectivity index (χ2n) is 7.97. The molecule has 1 saturated heterocycles. The zero-order valence-electron chi connectivity index (χ0n) is 17.7. The van der Waals surface area contributed by atoms with Crippen LogP contribution in [0, 0.1) is 0 Å². The standard InChI is InChI=1S/C23H28N2O5S/c1-17-5-2-3-12-25(17)31(27,28)20-7-4-6-19(16-20)23(26)24-11-10-18-8-9-21-22(15-18)30-14-13-29-21/h4,6-9,15-17H,2-3,5,10-14H2,1H3,(H,24,26). The molecule has 166 valence electrons. The van der Waals surface area contributed by atoms with Crippen molar-refractivity contribution in [3.8, 4) is 11.5 Å². The number of benzene rings is 2. The Hall–Kier alpha value is -2.58. The molecule has 0 saturated carbocycles. The lowest BCUT2D eigenvalue weighted by Gasteiger charge is -2.32. The molecular formula is C23H28N2O5S. The zero-order valence-corrected chi connectivity index (χ0v) is 18.5. The van der Waals surface area contributed by atoms with Crippen LogP contribution in [0.5, 0.6) is 11.5 Å². The molecule has 2 aliphatic heterocycles. The number of sulfonamides is 1. The number of rotatable bonds is 6. The van der Waals surface area contributed by atoms with Gasteiger partial charge in [-0.15, -0.1) is 0 Å². The number of nitrogens with zero attached hydrogens (tertiary/aromatic N) is 1. The summed E-state index contributed by atoms with van der Waals surface area (Å²) in [7, 11) is -3.61. The van der Waals surface area contributed by atoms with Crippen LogP contribution in [0.4, 0.5) is 0 Å². The van der Waals surface area contributed by atoms with Crippen LogP contribution in [0.2, 0.25) is 0 Å². The number of carbonyl (C=O) groups excluding carboxylic acids is 1. The molecule has 2 aromatic rings. The molecule has 1 N–H and O–H groups in total. The van der Waals surface area contributed by atoms with Crippen molar-refractivity contribution in [2.24, 2.45) is 0 Å². The van der Waals surface area contributed by atoms with Crippen molar-refractivity contribution >= 4 is 15.9 Å². The number of hydrogen-bond acceptors (Lipinski definition) is 5. The van der Waals surface area contributed by atoms with Crippen molar-refractivity contribution in [2.45, 2.75) is 43.5 Å². The van der Waals surface area contributed by atoms with Gasteiger partial charge in [-0.1, -0.05) is 18.6 Å². The number of amides is 1. The Morgan fingerprint density at radius 1 is 1.10 bits per heavy atom. The van der Waals surface area contributed by atoms with Crippen molar-refractivity contribution in [3.63, 3.8) is 0 Å². The molecule has 31 heavy (non-hydrogen) atoms. The molecule has 8 heteroatoms. The van der Waals surface area contributed by atoms with Crippen LogP contribution in [-0.2, 0) is 16.4 Å². The van der Waals surface area contributed by atoms with E-state index in [4.69, 9.17) is 9.47 Å². The Kier molecular flexibility index (Phi) is 6.48.